The molecule has 1 aromatic carbocycles. The number of halogens is 1. The lowest BCUT2D eigenvalue weighted by Gasteiger charge is -2.07. The van der Waals surface area contributed by atoms with E-state index in [0.717, 1.165) is 5.69 Å². The topological polar surface area (TPSA) is 68.2 Å². The number of benzene rings is 1. The van der Waals surface area contributed by atoms with Crippen LogP contribution in [0.1, 0.15) is 11.3 Å². The van der Waals surface area contributed by atoms with Crippen molar-refractivity contribution >= 4 is 33.2 Å². The summed E-state index contributed by atoms with van der Waals surface area (Å²) in [6.07, 6.45) is 0. The van der Waals surface area contributed by atoms with Gasteiger partial charge in [0.15, 0.2) is 0 Å². The summed E-state index contributed by atoms with van der Waals surface area (Å²) in [5.74, 6) is 0.144. The van der Waals surface area contributed by atoms with Crippen LogP contribution in [0.3, 0.4) is 0 Å². The Bertz CT molecular complexity index is 851. The quantitative estimate of drug-likeness (QED) is 0.923. The highest BCUT2D eigenvalue weighted by molar-refractivity contribution is 7.91. The number of carbonyl (C=O) groups excluding carboxylic acids is 1. The second-order valence-corrected chi connectivity index (χ2v) is 7.30. The SMILES string of the molecule is Cc1c(S(=O)(=O)c2ccc(Cl)cc2)c2n(c1C)CC(=O)N2. The molecule has 0 saturated carbocycles. The average Bonchev–Trinajstić information content (AvgIpc) is 2.88. The van der Waals surface area contributed by atoms with Gasteiger partial charge >= 0.3 is 0 Å². The monoisotopic (exact) mass is 324 g/mol. The van der Waals surface area contributed by atoms with Crippen LogP contribution in [-0.2, 0) is 21.2 Å². The highest BCUT2D eigenvalue weighted by atomic mass is 35.5. The van der Waals surface area contributed by atoms with Gasteiger partial charge < -0.3 is 9.88 Å². The Balaban J connectivity index is 2.24. The smallest absolute Gasteiger partial charge is 0.245 e. The number of rotatable bonds is 2. The second-order valence-electron chi connectivity index (χ2n) is 4.98. The van der Waals surface area contributed by atoms with Gasteiger partial charge in [0.25, 0.3) is 0 Å². The minimum Gasteiger partial charge on any atom is -0.321 e. The molecule has 0 bridgehead atoms. The van der Waals surface area contributed by atoms with Gasteiger partial charge in [0.2, 0.25) is 15.7 Å². The molecule has 2 heterocycles. The van der Waals surface area contributed by atoms with Crippen LogP contribution in [0.25, 0.3) is 0 Å². The number of carbonyl (C=O) groups is 1. The Morgan fingerprint density at radius 1 is 1.19 bits per heavy atom. The van der Waals surface area contributed by atoms with Gasteiger partial charge in [0.05, 0.1) is 4.90 Å². The van der Waals surface area contributed by atoms with Crippen LogP contribution in [0.4, 0.5) is 5.82 Å². The van der Waals surface area contributed by atoms with Gasteiger partial charge in [-0.3, -0.25) is 4.79 Å². The number of aromatic nitrogens is 1. The molecule has 0 saturated heterocycles. The predicted molar refractivity (Wildman–Crippen MR) is 79.4 cm³/mol. The summed E-state index contributed by atoms with van der Waals surface area (Å²) >= 11 is 5.80. The minimum atomic E-state index is -3.71. The number of hydrogen-bond acceptors (Lipinski definition) is 3. The van der Waals surface area contributed by atoms with Crippen molar-refractivity contribution in [3.05, 3.63) is 40.5 Å². The van der Waals surface area contributed by atoms with Crippen molar-refractivity contribution in [1.29, 1.82) is 0 Å². The summed E-state index contributed by atoms with van der Waals surface area (Å²) < 4.78 is 27.4. The molecular formula is C14H13ClN2O3S. The van der Waals surface area contributed by atoms with E-state index in [1.807, 2.05) is 0 Å². The molecule has 0 spiro atoms. The van der Waals surface area contributed by atoms with E-state index in [2.05, 4.69) is 5.32 Å². The first kappa shape index (κ1) is 14.2. The lowest BCUT2D eigenvalue weighted by Crippen LogP contribution is -2.10. The maximum atomic E-state index is 12.8. The van der Waals surface area contributed by atoms with Gasteiger partial charge in [0, 0.05) is 10.7 Å². The van der Waals surface area contributed by atoms with Crippen molar-refractivity contribution < 1.29 is 13.2 Å². The summed E-state index contributed by atoms with van der Waals surface area (Å²) in [5, 5.41) is 3.10. The number of amides is 1. The van der Waals surface area contributed by atoms with E-state index < -0.39 is 9.84 Å². The van der Waals surface area contributed by atoms with Crippen molar-refractivity contribution in [3.8, 4) is 0 Å². The molecule has 3 rings (SSSR count). The first-order valence-electron chi connectivity index (χ1n) is 6.32. The number of nitrogens with one attached hydrogen (secondary N) is 1. The largest absolute Gasteiger partial charge is 0.321 e. The third-order valence-corrected chi connectivity index (χ3v) is 5.91. The van der Waals surface area contributed by atoms with Crippen LogP contribution in [-0.4, -0.2) is 18.9 Å². The van der Waals surface area contributed by atoms with Crippen LogP contribution in [0, 0.1) is 13.8 Å². The van der Waals surface area contributed by atoms with Crippen LogP contribution >= 0.6 is 11.6 Å². The minimum absolute atomic E-state index is 0.151. The van der Waals surface area contributed by atoms with E-state index in [1.54, 1.807) is 18.4 Å². The van der Waals surface area contributed by atoms with Crippen molar-refractivity contribution in [1.82, 2.24) is 4.57 Å². The maximum absolute atomic E-state index is 12.8. The first-order valence-corrected chi connectivity index (χ1v) is 8.18. The maximum Gasteiger partial charge on any atom is 0.245 e. The van der Waals surface area contributed by atoms with Gasteiger partial charge in [0.1, 0.15) is 17.3 Å². The van der Waals surface area contributed by atoms with Crippen LogP contribution < -0.4 is 5.32 Å². The fourth-order valence-corrected chi connectivity index (χ4v) is 4.35. The first-order chi connectivity index (χ1) is 9.82. The molecule has 0 atom stereocenters. The molecule has 1 amide bonds. The number of hydrogen-bond donors (Lipinski definition) is 1. The molecular weight excluding hydrogens is 312 g/mol. The summed E-state index contributed by atoms with van der Waals surface area (Å²) in [6.45, 7) is 3.70. The average molecular weight is 325 g/mol. The van der Waals surface area contributed by atoms with Gasteiger partial charge in [-0.1, -0.05) is 11.6 Å². The fraction of sp³-hybridized carbons (Fsp3) is 0.214. The molecule has 0 fully saturated rings. The van der Waals surface area contributed by atoms with E-state index in [0.29, 0.717) is 16.4 Å². The molecule has 0 unspecified atom stereocenters. The second kappa shape index (κ2) is 4.61. The summed E-state index contributed by atoms with van der Waals surface area (Å²) in [5.41, 5.74) is 1.43. The zero-order valence-corrected chi connectivity index (χ0v) is 13.0. The van der Waals surface area contributed by atoms with E-state index in [-0.39, 0.29) is 22.2 Å². The standard InChI is InChI=1S/C14H13ClN2O3S/c1-8-9(2)17-7-12(18)16-14(17)13(8)21(19,20)11-5-3-10(15)4-6-11/h3-6H,7H2,1-2H3,(H,16,18). The third kappa shape index (κ3) is 2.06. The molecule has 21 heavy (non-hydrogen) atoms. The molecule has 1 aromatic heterocycles. The van der Waals surface area contributed by atoms with E-state index in [1.165, 1.54) is 24.3 Å². The molecule has 0 radical (unpaired) electrons. The molecule has 0 aliphatic carbocycles. The molecule has 1 aliphatic heterocycles. The molecule has 5 nitrogen and oxygen atoms in total. The Morgan fingerprint density at radius 3 is 2.43 bits per heavy atom. The predicted octanol–water partition coefficient (Wildman–Crippen LogP) is 2.54. The zero-order chi connectivity index (χ0) is 15.4. The van der Waals surface area contributed by atoms with Crippen molar-refractivity contribution in [2.45, 2.75) is 30.2 Å². The van der Waals surface area contributed by atoms with Crippen LogP contribution in [0.5, 0.6) is 0 Å². The van der Waals surface area contributed by atoms with Crippen molar-refractivity contribution in [2.75, 3.05) is 5.32 Å². The summed E-state index contributed by atoms with van der Waals surface area (Å²) in [7, 11) is -3.71. The summed E-state index contributed by atoms with van der Waals surface area (Å²) in [6, 6.07) is 6.00. The number of nitrogens with zero attached hydrogens (tertiary/aromatic N) is 1. The number of sulfone groups is 1. The normalized spacial score (nSPS) is 14.1. The van der Waals surface area contributed by atoms with E-state index in [4.69, 9.17) is 11.6 Å². The van der Waals surface area contributed by atoms with Crippen molar-refractivity contribution in [2.24, 2.45) is 0 Å². The fourth-order valence-electron chi connectivity index (χ4n) is 2.53. The highest BCUT2D eigenvalue weighted by Crippen LogP contribution is 2.37. The molecule has 7 heteroatoms. The van der Waals surface area contributed by atoms with E-state index in [9.17, 15) is 13.2 Å². The lowest BCUT2D eigenvalue weighted by molar-refractivity contribution is -0.115. The van der Waals surface area contributed by atoms with Gasteiger partial charge in [-0.05, 0) is 43.7 Å². The molecule has 2 aromatic rings. The highest BCUT2D eigenvalue weighted by Gasteiger charge is 2.33. The Kier molecular flexibility index (Phi) is 3.11. The Labute approximate surface area is 127 Å². The van der Waals surface area contributed by atoms with Crippen molar-refractivity contribution in [3.63, 3.8) is 0 Å². The van der Waals surface area contributed by atoms with Gasteiger partial charge in [-0.2, -0.15) is 0 Å². The number of fused-ring (bicyclic) bond motifs is 1. The molecule has 1 aliphatic rings. The van der Waals surface area contributed by atoms with Crippen LogP contribution in [0.2, 0.25) is 5.02 Å². The number of anilines is 1. The van der Waals surface area contributed by atoms with E-state index >= 15 is 0 Å². The third-order valence-electron chi connectivity index (χ3n) is 3.73. The van der Waals surface area contributed by atoms with Gasteiger partial charge in [-0.15, -0.1) is 0 Å². The molecule has 110 valence electrons. The van der Waals surface area contributed by atoms with Gasteiger partial charge in [-0.25, -0.2) is 8.42 Å². The zero-order valence-electron chi connectivity index (χ0n) is 11.5. The Hall–Kier alpha value is -1.79. The van der Waals surface area contributed by atoms with Crippen LogP contribution in [0.15, 0.2) is 34.1 Å². The summed E-state index contributed by atoms with van der Waals surface area (Å²) in [4.78, 5) is 11.9. The Morgan fingerprint density at radius 2 is 1.81 bits per heavy atom. The lowest BCUT2D eigenvalue weighted by atomic mass is 10.3. The molecule has 1 N–H and O–H groups in total.